The average molecular weight is 255 g/mol. The monoisotopic (exact) mass is 255 g/mol. The van der Waals surface area contributed by atoms with Gasteiger partial charge >= 0.3 is 0 Å². The summed E-state index contributed by atoms with van der Waals surface area (Å²) in [6, 6.07) is 13.0. The largest absolute Gasteiger partial charge is 0.506 e. The number of rotatable bonds is 3. The van der Waals surface area contributed by atoms with Crippen molar-refractivity contribution in [1.82, 2.24) is 0 Å². The fourth-order valence-electron chi connectivity index (χ4n) is 1.83. The van der Waals surface area contributed by atoms with Gasteiger partial charge in [0.1, 0.15) is 5.75 Å². The van der Waals surface area contributed by atoms with E-state index in [4.69, 9.17) is 0 Å². The Bertz CT molecular complexity index is 588. The number of aryl methyl sites for hydroxylation is 2. The van der Waals surface area contributed by atoms with Crippen LogP contribution in [0.1, 0.15) is 16.7 Å². The maximum atomic E-state index is 11.9. The van der Waals surface area contributed by atoms with E-state index < -0.39 is 0 Å². The highest BCUT2D eigenvalue weighted by atomic mass is 16.3. The predicted molar refractivity (Wildman–Crippen MR) is 76.4 cm³/mol. The SMILES string of the molecule is Cc1ccc(CC(=O)Nc2ccc(C)cc2O)cc1. The molecule has 0 saturated carbocycles. The lowest BCUT2D eigenvalue weighted by atomic mass is 10.1. The summed E-state index contributed by atoms with van der Waals surface area (Å²) in [4.78, 5) is 11.9. The van der Waals surface area contributed by atoms with Crippen molar-refractivity contribution in [3.63, 3.8) is 0 Å². The van der Waals surface area contributed by atoms with Crippen molar-refractivity contribution >= 4 is 11.6 Å². The molecule has 2 aromatic rings. The number of phenols is 1. The van der Waals surface area contributed by atoms with Gasteiger partial charge < -0.3 is 10.4 Å². The Morgan fingerprint density at radius 2 is 1.68 bits per heavy atom. The predicted octanol–water partition coefficient (Wildman–Crippen LogP) is 3.19. The summed E-state index contributed by atoms with van der Waals surface area (Å²) in [5, 5.41) is 12.4. The maximum Gasteiger partial charge on any atom is 0.228 e. The Morgan fingerprint density at radius 1 is 1.05 bits per heavy atom. The third-order valence-corrected chi connectivity index (χ3v) is 2.91. The molecule has 0 heterocycles. The van der Waals surface area contributed by atoms with Crippen LogP contribution in [-0.4, -0.2) is 11.0 Å². The first-order valence-electron chi connectivity index (χ1n) is 6.19. The second-order valence-electron chi connectivity index (χ2n) is 4.73. The molecular formula is C16H17NO2. The van der Waals surface area contributed by atoms with Crippen LogP contribution < -0.4 is 5.32 Å². The molecule has 98 valence electrons. The lowest BCUT2D eigenvalue weighted by Crippen LogP contribution is -2.14. The number of hydrogen-bond donors (Lipinski definition) is 2. The molecule has 0 saturated heterocycles. The normalized spacial score (nSPS) is 10.2. The minimum Gasteiger partial charge on any atom is -0.506 e. The molecule has 0 unspecified atom stereocenters. The number of hydrogen-bond acceptors (Lipinski definition) is 2. The summed E-state index contributed by atoms with van der Waals surface area (Å²) < 4.78 is 0. The lowest BCUT2D eigenvalue weighted by molar-refractivity contribution is -0.115. The highest BCUT2D eigenvalue weighted by molar-refractivity contribution is 5.93. The Kier molecular flexibility index (Phi) is 3.85. The highest BCUT2D eigenvalue weighted by Crippen LogP contribution is 2.23. The van der Waals surface area contributed by atoms with Crippen LogP contribution in [0.2, 0.25) is 0 Å². The van der Waals surface area contributed by atoms with Crippen LogP contribution in [0, 0.1) is 13.8 Å². The van der Waals surface area contributed by atoms with E-state index >= 15 is 0 Å². The van der Waals surface area contributed by atoms with Crippen molar-refractivity contribution in [2.45, 2.75) is 20.3 Å². The molecule has 0 fully saturated rings. The topological polar surface area (TPSA) is 49.3 Å². The Hall–Kier alpha value is -2.29. The molecule has 1 amide bonds. The Labute approximate surface area is 112 Å². The second kappa shape index (κ2) is 5.57. The summed E-state index contributed by atoms with van der Waals surface area (Å²) in [5.41, 5.74) is 3.52. The molecule has 0 radical (unpaired) electrons. The van der Waals surface area contributed by atoms with E-state index in [9.17, 15) is 9.90 Å². The van der Waals surface area contributed by atoms with Crippen molar-refractivity contribution < 1.29 is 9.90 Å². The number of carbonyl (C=O) groups is 1. The third kappa shape index (κ3) is 3.58. The van der Waals surface area contributed by atoms with E-state index in [0.717, 1.165) is 11.1 Å². The van der Waals surface area contributed by atoms with E-state index in [-0.39, 0.29) is 11.7 Å². The van der Waals surface area contributed by atoms with Gasteiger partial charge in [-0.1, -0.05) is 35.9 Å². The number of aromatic hydroxyl groups is 1. The Balaban J connectivity index is 2.03. The zero-order valence-corrected chi connectivity index (χ0v) is 11.1. The molecule has 0 spiro atoms. The molecule has 2 rings (SSSR count). The molecule has 19 heavy (non-hydrogen) atoms. The van der Waals surface area contributed by atoms with Gasteiger partial charge in [-0.2, -0.15) is 0 Å². The van der Waals surface area contributed by atoms with Gasteiger partial charge in [0.2, 0.25) is 5.91 Å². The number of anilines is 1. The molecule has 3 nitrogen and oxygen atoms in total. The van der Waals surface area contributed by atoms with Gasteiger partial charge in [-0.25, -0.2) is 0 Å². The molecule has 0 atom stereocenters. The maximum absolute atomic E-state index is 11.9. The highest BCUT2D eigenvalue weighted by Gasteiger charge is 2.07. The number of nitrogens with one attached hydrogen (secondary N) is 1. The molecule has 0 bridgehead atoms. The van der Waals surface area contributed by atoms with Gasteiger partial charge in [-0.3, -0.25) is 4.79 Å². The van der Waals surface area contributed by atoms with Gasteiger partial charge in [0, 0.05) is 0 Å². The molecule has 2 aromatic carbocycles. The minimum absolute atomic E-state index is 0.0947. The molecule has 2 N–H and O–H groups in total. The van der Waals surface area contributed by atoms with Gasteiger partial charge in [-0.15, -0.1) is 0 Å². The summed E-state index contributed by atoms with van der Waals surface area (Å²) in [6.45, 7) is 3.89. The van der Waals surface area contributed by atoms with Crippen molar-refractivity contribution in [2.24, 2.45) is 0 Å². The third-order valence-electron chi connectivity index (χ3n) is 2.91. The van der Waals surface area contributed by atoms with Crippen LogP contribution in [0.4, 0.5) is 5.69 Å². The lowest BCUT2D eigenvalue weighted by Gasteiger charge is -2.08. The molecule has 0 aromatic heterocycles. The van der Waals surface area contributed by atoms with E-state index in [2.05, 4.69) is 5.32 Å². The van der Waals surface area contributed by atoms with E-state index in [1.165, 1.54) is 5.56 Å². The van der Waals surface area contributed by atoms with Crippen LogP contribution in [0.5, 0.6) is 5.75 Å². The fraction of sp³-hybridized carbons (Fsp3) is 0.188. The van der Waals surface area contributed by atoms with E-state index in [0.29, 0.717) is 12.1 Å². The molecule has 0 aliphatic rings. The fourth-order valence-corrected chi connectivity index (χ4v) is 1.83. The standard InChI is InChI=1S/C16H17NO2/c1-11-3-6-13(7-4-11)10-16(19)17-14-8-5-12(2)9-15(14)18/h3-9,18H,10H2,1-2H3,(H,17,19). The second-order valence-corrected chi connectivity index (χ2v) is 4.73. The average Bonchev–Trinajstić information content (AvgIpc) is 2.36. The molecular weight excluding hydrogens is 238 g/mol. The number of benzene rings is 2. The van der Waals surface area contributed by atoms with Crippen LogP contribution >= 0.6 is 0 Å². The van der Waals surface area contributed by atoms with E-state index in [1.54, 1.807) is 12.1 Å². The summed E-state index contributed by atoms with van der Waals surface area (Å²) in [5.74, 6) is -0.0414. The first-order chi connectivity index (χ1) is 9.04. The number of amides is 1. The summed E-state index contributed by atoms with van der Waals surface area (Å²) in [7, 11) is 0. The number of carbonyl (C=O) groups excluding carboxylic acids is 1. The minimum atomic E-state index is -0.136. The molecule has 3 heteroatoms. The van der Waals surface area contributed by atoms with Crippen molar-refractivity contribution in [2.75, 3.05) is 5.32 Å². The van der Waals surface area contributed by atoms with Gasteiger partial charge in [-0.05, 0) is 37.1 Å². The van der Waals surface area contributed by atoms with Crippen LogP contribution in [0.15, 0.2) is 42.5 Å². The van der Waals surface area contributed by atoms with Crippen molar-refractivity contribution in [1.29, 1.82) is 0 Å². The van der Waals surface area contributed by atoms with Crippen molar-refractivity contribution in [3.8, 4) is 5.75 Å². The summed E-state index contributed by atoms with van der Waals surface area (Å²) in [6.07, 6.45) is 0.299. The Morgan fingerprint density at radius 3 is 2.32 bits per heavy atom. The van der Waals surface area contributed by atoms with Gasteiger partial charge in [0.05, 0.1) is 12.1 Å². The van der Waals surface area contributed by atoms with Gasteiger partial charge in [0.25, 0.3) is 0 Å². The summed E-state index contributed by atoms with van der Waals surface area (Å²) >= 11 is 0. The van der Waals surface area contributed by atoms with Crippen LogP contribution in [0.25, 0.3) is 0 Å². The first kappa shape index (κ1) is 13.1. The molecule has 0 aliphatic carbocycles. The molecule has 0 aliphatic heterocycles. The number of phenolic OH excluding ortho intramolecular Hbond substituents is 1. The van der Waals surface area contributed by atoms with Crippen molar-refractivity contribution in [3.05, 3.63) is 59.2 Å². The quantitative estimate of drug-likeness (QED) is 0.827. The van der Waals surface area contributed by atoms with Crippen LogP contribution in [0.3, 0.4) is 0 Å². The first-order valence-corrected chi connectivity index (χ1v) is 6.19. The zero-order chi connectivity index (χ0) is 13.8. The van der Waals surface area contributed by atoms with Crippen LogP contribution in [-0.2, 0) is 11.2 Å². The smallest absolute Gasteiger partial charge is 0.228 e. The van der Waals surface area contributed by atoms with Gasteiger partial charge in [0.15, 0.2) is 0 Å². The zero-order valence-electron chi connectivity index (χ0n) is 11.1. The van der Waals surface area contributed by atoms with E-state index in [1.807, 2.05) is 44.2 Å².